The minimum atomic E-state index is -3.48. The highest BCUT2D eigenvalue weighted by atomic mass is 32.2. The molecule has 100 valence electrons. The molecule has 0 spiro atoms. The van der Waals surface area contributed by atoms with E-state index in [1.54, 1.807) is 0 Å². The Kier molecular flexibility index (Phi) is 3.84. The fraction of sp³-hybridized carbons (Fsp3) is 0.545. The minimum absolute atomic E-state index is 0.168. The van der Waals surface area contributed by atoms with Gasteiger partial charge in [0.2, 0.25) is 10.0 Å². The summed E-state index contributed by atoms with van der Waals surface area (Å²) in [6, 6.07) is 2.81. The zero-order valence-electron chi connectivity index (χ0n) is 10.3. The van der Waals surface area contributed by atoms with Gasteiger partial charge in [-0.05, 0) is 32.0 Å². The van der Waals surface area contributed by atoms with Gasteiger partial charge in [-0.2, -0.15) is 0 Å². The van der Waals surface area contributed by atoms with Crippen LogP contribution in [-0.2, 0) is 10.0 Å². The zero-order chi connectivity index (χ0) is 13.2. The molecule has 0 radical (unpaired) electrons. The molecule has 7 heteroatoms. The van der Waals surface area contributed by atoms with Crippen LogP contribution in [0.25, 0.3) is 0 Å². The van der Waals surface area contributed by atoms with E-state index in [0.717, 1.165) is 19.5 Å². The lowest BCUT2D eigenvalue weighted by atomic mass is 10.1. The van der Waals surface area contributed by atoms with Crippen LogP contribution < -0.4 is 10.5 Å². The molecule has 0 bridgehead atoms. The van der Waals surface area contributed by atoms with Crippen molar-refractivity contribution in [1.82, 2.24) is 14.6 Å². The molecule has 6 nitrogen and oxygen atoms in total. The lowest BCUT2D eigenvalue weighted by Crippen LogP contribution is -2.30. The number of nitrogens with two attached hydrogens (primary N) is 1. The van der Waals surface area contributed by atoms with E-state index in [1.807, 2.05) is 7.05 Å². The third-order valence-electron chi connectivity index (χ3n) is 3.11. The topological polar surface area (TPSA) is 88.3 Å². The standard InChI is InChI=1S/C11H18N4O2S/c1-15-5-3-9(8-15)7-14-18(16,17)10-2-4-13-11(12)6-10/h2,4,6,9,14H,3,5,7-8H2,1H3,(H2,12,13). The average Bonchev–Trinajstić information content (AvgIpc) is 2.73. The predicted octanol–water partition coefficient (Wildman–Crippen LogP) is -0.106. The van der Waals surface area contributed by atoms with Crippen LogP contribution in [0.15, 0.2) is 23.2 Å². The summed E-state index contributed by atoms with van der Waals surface area (Å²) in [6.07, 6.45) is 2.42. The molecule has 1 aromatic heterocycles. The first-order valence-electron chi connectivity index (χ1n) is 5.87. The summed E-state index contributed by atoms with van der Waals surface area (Å²) in [6.45, 7) is 2.42. The maximum atomic E-state index is 12.0. The van der Waals surface area contributed by atoms with Crippen LogP contribution >= 0.6 is 0 Å². The first kappa shape index (κ1) is 13.3. The lowest BCUT2D eigenvalue weighted by molar-refractivity contribution is 0.394. The van der Waals surface area contributed by atoms with E-state index in [9.17, 15) is 8.42 Å². The van der Waals surface area contributed by atoms with Crippen molar-refractivity contribution >= 4 is 15.8 Å². The molecule has 18 heavy (non-hydrogen) atoms. The van der Waals surface area contributed by atoms with Gasteiger partial charge in [-0.25, -0.2) is 18.1 Å². The van der Waals surface area contributed by atoms with Gasteiger partial charge in [0, 0.05) is 25.4 Å². The number of sulfonamides is 1. The van der Waals surface area contributed by atoms with E-state index in [-0.39, 0.29) is 10.7 Å². The molecule has 1 aliphatic rings. The van der Waals surface area contributed by atoms with Gasteiger partial charge >= 0.3 is 0 Å². The fourth-order valence-electron chi connectivity index (χ4n) is 2.10. The molecule has 2 heterocycles. The highest BCUT2D eigenvalue weighted by Gasteiger charge is 2.22. The second-order valence-electron chi connectivity index (χ2n) is 4.69. The molecule has 1 aromatic rings. The van der Waals surface area contributed by atoms with E-state index < -0.39 is 10.0 Å². The van der Waals surface area contributed by atoms with E-state index in [0.29, 0.717) is 12.5 Å². The molecule has 1 saturated heterocycles. The Morgan fingerprint density at radius 3 is 3.00 bits per heavy atom. The van der Waals surface area contributed by atoms with Crippen LogP contribution in [0.3, 0.4) is 0 Å². The number of likely N-dealkylation sites (tertiary alicyclic amines) is 1. The smallest absolute Gasteiger partial charge is 0.240 e. The van der Waals surface area contributed by atoms with Gasteiger partial charge in [-0.3, -0.25) is 0 Å². The van der Waals surface area contributed by atoms with Gasteiger partial charge in [0.1, 0.15) is 5.82 Å². The molecule has 0 aliphatic carbocycles. The van der Waals surface area contributed by atoms with Crippen LogP contribution in [0.5, 0.6) is 0 Å². The van der Waals surface area contributed by atoms with Gasteiger partial charge in [-0.15, -0.1) is 0 Å². The summed E-state index contributed by atoms with van der Waals surface area (Å²) in [5, 5.41) is 0. The quantitative estimate of drug-likeness (QED) is 0.797. The first-order valence-corrected chi connectivity index (χ1v) is 7.35. The van der Waals surface area contributed by atoms with Gasteiger partial charge in [0.05, 0.1) is 4.90 Å². The average molecular weight is 270 g/mol. The monoisotopic (exact) mass is 270 g/mol. The second-order valence-corrected chi connectivity index (χ2v) is 6.45. The molecule has 2 rings (SSSR count). The summed E-state index contributed by atoms with van der Waals surface area (Å²) >= 11 is 0. The molecule has 1 fully saturated rings. The molecule has 0 saturated carbocycles. The Morgan fingerprint density at radius 1 is 1.61 bits per heavy atom. The first-order chi connectivity index (χ1) is 8.47. The highest BCUT2D eigenvalue weighted by Crippen LogP contribution is 2.15. The van der Waals surface area contributed by atoms with Crippen molar-refractivity contribution in [2.45, 2.75) is 11.3 Å². The molecule has 3 N–H and O–H groups in total. The van der Waals surface area contributed by atoms with Crippen LogP contribution in [0.2, 0.25) is 0 Å². The van der Waals surface area contributed by atoms with Gasteiger partial charge in [0.15, 0.2) is 0 Å². The van der Waals surface area contributed by atoms with Crippen molar-refractivity contribution in [1.29, 1.82) is 0 Å². The fourth-order valence-corrected chi connectivity index (χ4v) is 3.24. The molecular formula is C11H18N4O2S. The Morgan fingerprint density at radius 2 is 2.39 bits per heavy atom. The zero-order valence-corrected chi connectivity index (χ0v) is 11.2. The maximum Gasteiger partial charge on any atom is 0.240 e. The summed E-state index contributed by atoms with van der Waals surface area (Å²) < 4.78 is 26.7. The number of aromatic nitrogens is 1. The molecule has 1 unspecified atom stereocenters. The number of hydrogen-bond donors (Lipinski definition) is 2. The Balaban J connectivity index is 1.99. The summed E-state index contributed by atoms with van der Waals surface area (Å²) in [5.74, 6) is 0.586. The van der Waals surface area contributed by atoms with Crippen molar-refractivity contribution in [2.75, 3.05) is 32.4 Å². The number of pyridine rings is 1. The third kappa shape index (κ3) is 3.18. The van der Waals surface area contributed by atoms with Crippen LogP contribution in [0.1, 0.15) is 6.42 Å². The van der Waals surface area contributed by atoms with Crippen molar-refractivity contribution in [3.8, 4) is 0 Å². The summed E-state index contributed by atoms with van der Waals surface area (Å²) in [5.41, 5.74) is 5.48. The number of rotatable bonds is 4. The maximum absolute atomic E-state index is 12.0. The number of anilines is 1. The van der Waals surface area contributed by atoms with Crippen molar-refractivity contribution in [3.63, 3.8) is 0 Å². The van der Waals surface area contributed by atoms with Crippen molar-refractivity contribution in [2.24, 2.45) is 5.92 Å². The third-order valence-corrected chi connectivity index (χ3v) is 4.54. The molecular weight excluding hydrogens is 252 g/mol. The SMILES string of the molecule is CN1CCC(CNS(=O)(=O)c2ccnc(N)c2)C1. The normalized spacial score (nSPS) is 21.3. The van der Waals surface area contributed by atoms with E-state index >= 15 is 0 Å². The molecule has 1 atom stereocenters. The van der Waals surface area contributed by atoms with Gasteiger partial charge < -0.3 is 10.6 Å². The largest absolute Gasteiger partial charge is 0.384 e. The van der Waals surface area contributed by atoms with Gasteiger partial charge in [0.25, 0.3) is 0 Å². The van der Waals surface area contributed by atoms with Crippen molar-refractivity contribution < 1.29 is 8.42 Å². The predicted molar refractivity (Wildman–Crippen MR) is 69.4 cm³/mol. The van der Waals surface area contributed by atoms with Crippen molar-refractivity contribution in [3.05, 3.63) is 18.3 Å². The number of nitrogen functional groups attached to an aromatic ring is 1. The van der Waals surface area contributed by atoms with Crippen LogP contribution in [-0.4, -0.2) is 45.0 Å². The van der Waals surface area contributed by atoms with Gasteiger partial charge in [-0.1, -0.05) is 0 Å². The molecule has 0 aromatic carbocycles. The Labute approximate surface area is 107 Å². The summed E-state index contributed by atoms with van der Waals surface area (Å²) in [7, 11) is -1.44. The molecule has 0 amide bonds. The lowest BCUT2D eigenvalue weighted by Gasteiger charge is -2.12. The van der Waals surface area contributed by atoms with E-state index in [2.05, 4.69) is 14.6 Å². The van der Waals surface area contributed by atoms with E-state index in [1.165, 1.54) is 18.3 Å². The highest BCUT2D eigenvalue weighted by molar-refractivity contribution is 7.89. The number of hydrogen-bond acceptors (Lipinski definition) is 5. The van der Waals surface area contributed by atoms with Crippen LogP contribution in [0.4, 0.5) is 5.82 Å². The minimum Gasteiger partial charge on any atom is -0.384 e. The Bertz CT molecular complexity index is 518. The Hall–Kier alpha value is -1.18. The second kappa shape index (κ2) is 5.21. The number of nitrogens with zero attached hydrogens (tertiary/aromatic N) is 2. The number of nitrogens with one attached hydrogen (secondary N) is 1. The van der Waals surface area contributed by atoms with E-state index in [4.69, 9.17) is 5.73 Å². The van der Waals surface area contributed by atoms with Crippen LogP contribution in [0, 0.1) is 5.92 Å². The summed E-state index contributed by atoms with van der Waals surface area (Å²) in [4.78, 5) is 6.15. The molecule has 1 aliphatic heterocycles.